The van der Waals surface area contributed by atoms with Crippen LogP contribution in [0.25, 0.3) is 16.6 Å². The minimum Gasteiger partial charge on any atom is -0.460 e. The highest BCUT2D eigenvalue weighted by atomic mass is 16.5. The molecule has 5 nitrogen and oxygen atoms in total. The van der Waals surface area contributed by atoms with Crippen LogP contribution in [-0.2, 0) is 9.53 Å². The fraction of sp³-hybridized carbons (Fsp3) is 0.0833. The molecule has 5 heteroatoms. The molecule has 0 saturated carbocycles. The maximum Gasteiger partial charge on any atom is 0.381 e. The fourth-order valence-corrected chi connectivity index (χ4v) is 3.20. The van der Waals surface area contributed by atoms with Gasteiger partial charge in [0.25, 0.3) is 5.78 Å². The smallest absolute Gasteiger partial charge is 0.381 e. The van der Waals surface area contributed by atoms with Crippen molar-refractivity contribution in [2.75, 3.05) is 6.61 Å². The number of pyridine rings is 1. The topological polar surface area (TPSA) is 57.0 Å². The Kier molecular flexibility index (Phi) is 5.12. The van der Waals surface area contributed by atoms with Crippen molar-refractivity contribution in [1.29, 1.82) is 0 Å². The molecule has 29 heavy (non-hydrogen) atoms. The maximum absolute atomic E-state index is 12.9. The zero-order valence-corrected chi connectivity index (χ0v) is 15.9. The van der Waals surface area contributed by atoms with Crippen LogP contribution in [0, 0.1) is 0 Å². The number of ether oxygens (including phenoxy) is 2. The summed E-state index contributed by atoms with van der Waals surface area (Å²) in [5, 5.41) is 0. The predicted molar refractivity (Wildman–Crippen MR) is 110 cm³/mol. The Morgan fingerprint density at radius 1 is 0.862 bits per heavy atom. The second-order valence-electron chi connectivity index (χ2n) is 6.40. The van der Waals surface area contributed by atoms with Gasteiger partial charge < -0.3 is 13.9 Å². The molecule has 0 spiro atoms. The van der Waals surface area contributed by atoms with Gasteiger partial charge in [-0.1, -0.05) is 48.5 Å². The first-order valence-corrected chi connectivity index (χ1v) is 9.32. The highest BCUT2D eigenvalue weighted by Crippen LogP contribution is 2.31. The van der Waals surface area contributed by atoms with Crippen molar-refractivity contribution in [3.63, 3.8) is 0 Å². The predicted octanol–water partition coefficient (Wildman–Crippen LogP) is 5.14. The van der Waals surface area contributed by atoms with E-state index in [4.69, 9.17) is 9.47 Å². The van der Waals surface area contributed by atoms with Gasteiger partial charge in [-0.2, -0.15) is 0 Å². The highest BCUT2D eigenvalue weighted by molar-refractivity contribution is 6.41. The van der Waals surface area contributed by atoms with Gasteiger partial charge in [0.2, 0.25) is 0 Å². The van der Waals surface area contributed by atoms with E-state index in [9.17, 15) is 9.59 Å². The Bertz CT molecular complexity index is 1160. The molecule has 4 aromatic rings. The van der Waals surface area contributed by atoms with E-state index in [1.54, 1.807) is 17.5 Å². The fourth-order valence-electron chi connectivity index (χ4n) is 3.20. The third-order valence-electron chi connectivity index (χ3n) is 4.48. The monoisotopic (exact) mass is 385 g/mol. The molecule has 0 N–H and O–H groups in total. The second kappa shape index (κ2) is 8.02. The third kappa shape index (κ3) is 3.75. The third-order valence-corrected chi connectivity index (χ3v) is 4.48. The number of rotatable bonds is 6. The van der Waals surface area contributed by atoms with Crippen molar-refractivity contribution in [3.05, 3.63) is 90.8 Å². The Morgan fingerprint density at radius 3 is 2.24 bits per heavy atom. The summed E-state index contributed by atoms with van der Waals surface area (Å²) in [6.45, 7) is 1.81. The molecule has 2 aromatic heterocycles. The lowest BCUT2D eigenvalue weighted by molar-refractivity contribution is -0.137. The molecule has 0 saturated heterocycles. The van der Waals surface area contributed by atoms with Gasteiger partial charge in [-0.3, -0.25) is 4.79 Å². The Balaban J connectivity index is 1.85. The second-order valence-corrected chi connectivity index (χ2v) is 6.40. The number of Topliss-reactive ketones (excluding diaryl/α,β-unsaturated/α-hetero) is 1. The van der Waals surface area contributed by atoms with Crippen molar-refractivity contribution in [2.45, 2.75) is 6.92 Å². The number of esters is 1. The van der Waals surface area contributed by atoms with Crippen LogP contribution in [0.2, 0.25) is 0 Å². The van der Waals surface area contributed by atoms with Gasteiger partial charge in [-0.15, -0.1) is 0 Å². The average Bonchev–Trinajstić information content (AvgIpc) is 3.13. The van der Waals surface area contributed by atoms with Crippen molar-refractivity contribution in [3.8, 4) is 22.6 Å². The molecular formula is C24H19NO4. The lowest BCUT2D eigenvalue weighted by Gasteiger charge is -2.09. The van der Waals surface area contributed by atoms with E-state index in [-0.39, 0.29) is 12.3 Å². The van der Waals surface area contributed by atoms with E-state index < -0.39 is 11.8 Å². The molecule has 2 aromatic carbocycles. The first kappa shape index (κ1) is 18.5. The zero-order valence-electron chi connectivity index (χ0n) is 15.9. The van der Waals surface area contributed by atoms with Crippen molar-refractivity contribution in [1.82, 2.24) is 4.40 Å². The summed E-state index contributed by atoms with van der Waals surface area (Å²) in [5.41, 5.74) is 2.54. The number of ketones is 1. The zero-order chi connectivity index (χ0) is 20.2. The number of hydrogen-bond acceptors (Lipinski definition) is 4. The number of nitrogens with zero attached hydrogens (tertiary/aromatic N) is 1. The van der Waals surface area contributed by atoms with Crippen LogP contribution in [0.3, 0.4) is 0 Å². The summed E-state index contributed by atoms with van der Waals surface area (Å²) in [6, 6.07) is 24.4. The summed E-state index contributed by atoms with van der Waals surface area (Å²) in [4.78, 5) is 25.2. The summed E-state index contributed by atoms with van der Waals surface area (Å²) < 4.78 is 12.5. The standard InChI is InChI=1S/C24H19NO4/c1-2-28-24(27)23(26)22-21(17-9-5-3-6-10-17)15-18-13-14-20(16-25(18)22)29-19-11-7-4-8-12-19/h3-16H,2H2,1H3. The number of benzene rings is 2. The normalized spacial score (nSPS) is 10.7. The summed E-state index contributed by atoms with van der Waals surface area (Å²) in [7, 11) is 0. The van der Waals surface area contributed by atoms with Gasteiger partial charge in [0.1, 0.15) is 17.2 Å². The van der Waals surface area contributed by atoms with Crippen LogP contribution < -0.4 is 4.74 Å². The van der Waals surface area contributed by atoms with Crippen molar-refractivity contribution < 1.29 is 19.1 Å². The van der Waals surface area contributed by atoms with Gasteiger partial charge in [-0.05, 0) is 42.8 Å². The molecule has 0 aliphatic heterocycles. The Labute approximate surface area is 168 Å². The number of hydrogen-bond donors (Lipinski definition) is 0. The summed E-state index contributed by atoms with van der Waals surface area (Å²) in [5.74, 6) is -0.334. The molecule has 0 amide bonds. The van der Waals surface area contributed by atoms with Gasteiger partial charge >= 0.3 is 5.97 Å². The largest absolute Gasteiger partial charge is 0.460 e. The van der Waals surface area contributed by atoms with E-state index in [2.05, 4.69) is 0 Å². The average molecular weight is 385 g/mol. The molecular weight excluding hydrogens is 366 g/mol. The van der Waals surface area contributed by atoms with Crippen LogP contribution in [-0.4, -0.2) is 22.8 Å². The first-order chi connectivity index (χ1) is 14.2. The van der Waals surface area contributed by atoms with Crippen molar-refractivity contribution in [2.24, 2.45) is 0 Å². The van der Waals surface area contributed by atoms with E-state index in [1.165, 1.54) is 0 Å². The van der Waals surface area contributed by atoms with Crippen LogP contribution in [0.1, 0.15) is 17.4 Å². The number of carbonyl (C=O) groups is 2. The van der Waals surface area contributed by atoms with Crippen molar-refractivity contribution >= 4 is 17.3 Å². The maximum atomic E-state index is 12.9. The van der Waals surface area contributed by atoms with E-state index in [1.807, 2.05) is 78.9 Å². The molecule has 0 unspecified atom stereocenters. The van der Waals surface area contributed by atoms with E-state index >= 15 is 0 Å². The number of carbonyl (C=O) groups excluding carboxylic acids is 2. The quantitative estimate of drug-likeness (QED) is 0.262. The van der Waals surface area contributed by atoms with Gasteiger partial charge in [-0.25, -0.2) is 4.79 Å². The van der Waals surface area contributed by atoms with Gasteiger partial charge in [0, 0.05) is 11.1 Å². The lowest BCUT2D eigenvalue weighted by atomic mass is 10.0. The Morgan fingerprint density at radius 2 is 1.55 bits per heavy atom. The van der Waals surface area contributed by atoms with E-state index in [0.717, 1.165) is 11.1 Å². The van der Waals surface area contributed by atoms with Crippen LogP contribution >= 0.6 is 0 Å². The minimum atomic E-state index is -0.876. The molecule has 0 bridgehead atoms. The van der Waals surface area contributed by atoms with Gasteiger partial charge in [0.05, 0.1) is 12.8 Å². The SMILES string of the molecule is CCOC(=O)C(=O)c1c(-c2ccccc2)cc2ccc(Oc3ccccc3)cn12. The Hall–Kier alpha value is -3.86. The van der Waals surface area contributed by atoms with Crippen LogP contribution in [0.5, 0.6) is 11.5 Å². The molecule has 0 radical (unpaired) electrons. The van der Waals surface area contributed by atoms with E-state index in [0.29, 0.717) is 17.1 Å². The number of fused-ring (bicyclic) bond motifs is 1. The first-order valence-electron chi connectivity index (χ1n) is 9.32. The molecule has 0 fully saturated rings. The molecule has 4 rings (SSSR count). The molecule has 0 aliphatic carbocycles. The number of para-hydroxylation sites is 1. The van der Waals surface area contributed by atoms with Crippen LogP contribution in [0.15, 0.2) is 85.1 Å². The summed E-state index contributed by atoms with van der Waals surface area (Å²) >= 11 is 0. The summed E-state index contributed by atoms with van der Waals surface area (Å²) in [6.07, 6.45) is 1.71. The highest BCUT2D eigenvalue weighted by Gasteiger charge is 2.26. The van der Waals surface area contributed by atoms with Crippen LogP contribution in [0.4, 0.5) is 0 Å². The molecule has 2 heterocycles. The van der Waals surface area contributed by atoms with Gasteiger partial charge in [0.15, 0.2) is 0 Å². The minimum absolute atomic E-state index is 0.136. The number of aromatic nitrogens is 1. The molecule has 0 aliphatic rings. The molecule has 144 valence electrons. The molecule has 0 atom stereocenters. The lowest BCUT2D eigenvalue weighted by Crippen LogP contribution is -2.20.